The number of nitriles is 1. The van der Waals surface area contributed by atoms with Gasteiger partial charge >= 0.3 is 0 Å². The van der Waals surface area contributed by atoms with Gasteiger partial charge in [0.25, 0.3) is 0 Å². The second-order valence-electron chi connectivity index (χ2n) is 4.29. The molecule has 21 heavy (non-hydrogen) atoms. The van der Waals surface area contributed by atoms with E-state index in [1.807, 2.05) is 30.3 Å². The Labute approximate surface area is 133 Å². The normalized spacial score (nSPS) is 12.2. The first-order valence-electron chi connectivity index (χ1n) is 5.93. The van der Waals surface area contributed by atoms with E-state index in [2.05, 4.69) is 9.97 Å². The summed E-state index contributed by atoms with van der Waals surface area (Å²) >= 11 is 12.9. The molecule has 0 spiro atoms. The summed E-state index contributed by atoms with van der Waals surface area (Å²) in [4.78, 5) is 19.4. The van der Waals surface area contributed by atoms with Gasteiger partial charge in [0, 0.05) is 0 Å². The summed E-state index contributed by atoms with van der Waals surface area (Å²) in [6.07, 6.45) is 0. The molecule has 4 nitrogen and oxygen atoms in total. The van der Waals surface area contributed by atoms with Gasteiger partial charge in [-0.05, 0) is 18.2 Å². The number of nitrogens with one attached hydrogen (secondary N) is 1. The van der Waals surface area contributed by atoms with Gasteiger partial charge < -0.3 is 4.98 Å². The maximum Gasteiger partial charge on any atom is 0.203 e. The molecule has 0 fully saturated rings. The Bertz CT molecular complexity index is 825. The molecule has 3 rings (SSSR count). The van der Waals surface area contributed by atoms with Gasteiger partial charge in [-0.25, -0.2) is 4.98 Å². The van der Waals surface area contributed by atoms with Gasteiger partial charge in [0.2, 0.25) is 5.78 Å². The molecule has 7 heteroatoms. The largest absolute Gasteiger partial charge is 0.342 e. The Morgan fingerprint density at radius 1 is 1.38 bits per heavy atom. The van der Waals surface area contributed by atoms with Crippen LogP contribution in [0.3, 0.4) is 0 Å². The first-order chi connectivity index (χ1) is 10.1. The Morgan fingerprint density at radius 2 is 2.14 bits per heavy atom. The lowest BCUT2D eigenvalue weighted by Crippen LogP contribution is -2.11. The van der Waals surface area contributed by atoms with Crippen molar-refractivity contribution in [2.45, 2.75) is 5.92 Å². The molecule has 0 amide bonds. The lowest BCUT2D eigenvalue weighted by molar-refractivity contribution is 0.0974. The molecule has 104 valence electrons. The predicted octanol–water partition coefficient (Wildman–Crippen LogP) is 4.42. The predicted molar refractivity (Wildman–Crippen MR) is 83.1 cm³/mol. The first-order valence-corrected chi connectivity index (χ1v) is 7.50. The number of thiazole rings is 1. The van der Waals surface area contributed by atoms with Crippen LogP contribution in [0.4, 0.5) is 0 Å². The van der Waals surface area contributed by atoms with E-state index >= 15 is 0 Å². The van der Waals surface area contributed by atoms with E-state index in [0.717, 1.165) is 10.2 Å². The number of ketones is 1. The molecule has 0 bridgehead atoms. The van der Waals surface area contributed by atoms with Crippen LogP contribution in [0.1, 0.15) is 21.4 Å². The SMILES string of the molecule is N#CC(C(=O)c1cc(Cl)c(Cl)[nH]1)c1nc2ccccc2s1. The fourth-order valence-corrected chi connectivity index (χ4v) is 3.26. The van der Waals surface area contributed by atoms with Crippen molar-refractivity contribution in [3.8, 4) is 6.07 Å². The number of halogens is 2. The Kier molecular flexibility index (Phi) is 3.68. The molecule has 2 heterocycles. The van der Waals surface area contributed by atoms with Crippen LogP contribution < -0.4 is 0 Å². The number of fused-ring (bicyclic) bond motifs is 1. The maximum absolute atomic E-state index is 12.4. The zero-order valence-electron chi connectivity index (χ0n) is 10.4. The molecular formula is C14H7Cl2N3OS. The fourth-order valence-electron chi connectivity index (χ4n) is 1.93. The molecule has 1 atom stereocenters. The van der Waals surface area contributed by atoms with Gasteiger partial charge in [-0.2, -0.15) is 5.26 Å². The van der Waals surface area contributed by atoms with Crippen molar-refractivity contribution >= 4 is 50.5 Å². The molecule has 1 N–H and O–H groups in total. The summed E-state index contributed by atoms with van der Waals surface area (Å²) in [5.74, 6) is -1.38. The van der Waals surface area contributed by atoms with E-state index in [-0.39, 0.29) is 15.9 Å². The summed E-state index contributed by atoms with van der Waals surface area (Å²) in [6.45, 7) is 0. The van der Waals surface area contributed by atoms with Crippen molar-refractivity contribution in [1.29, 1.82) is 5.26 Å². The van der Waals surface area contributed by atoms with Crippen LogP contribution in [0.25, 0.3) is 10.2 Å². The lowest BCUT2D eigenvalue weighted by atomic mass is 10.0. The molecule has 0 aliphatic rings. The molecule has 0 saturated heterocycles. The minimum atomic E-state index is -0.979. The molecule has 2 aromatic heterocycles. The number of rotatable bonds is 3. The van der Waals surface area contributed by atoms with Crippen molar-refractivity contribution in [1.82, 2.24) is 9.97 Å². The highest BCUT2D eigenvalue weighted by atomic mass is 35.5. The first kappa shape index (κ1) is 14.1. The van der Waals surface area contributed by atoms with Crippen LogP contribution in [0.15, 0.2) is 30.3 Å². The highest BCUT2D eigenvalue weighted by Gasteiger charge is 2.27. The summed E-state index contributed by atoms with van der Waals surface area (Å²) in [5.41, 5.74) is 0.976. The van der Waals surface area contributed by atoms with Gasteiger partial charge in [-0.3, -0.25) is 4.79 Å². The monoisotopic (exact) mass is 335 g/mol. The Balaban J connectivity index is 2.01. The molecule has 0 aliphatic carbocycles. The van der Waals surface area contributed by atoms with Crippen molar-refractivity contribution in [3.63, 3.8) is 0 Å². The van der Waals surface area contributed by atoms with E-state index in [4.69, 9.17) is 23.2 Å². The number of nitrogens with zero attached hydrogens (tertiary/aromatic N) is 2. The molecule has 0 radical (unpaired) electrons. The van der Waals surface area contributed by atoms with Gasteiger partial charge in [-0.15, -0.1) is 11.3 Å². The minimum absolute atomic E-state index is 0.181. The number of H-pyrrole nitrogens is 1. The van der Waals surface area contributed by atoms with Crippen LogP contribution in [0.5, 0.6) is 0 Å². The molecule has 0 aliphatic heterocycles. The molecular weight excluding hydrogens is 329 g/mol. The average molecular weight is 336 g/mol. The number of carbonyl (C=O) groups is 1. The van der Waals surface area contributed by atoms with Crippen LogP contribution in [-0.4, -0.2) is 15.8 Å². The second kappa shape index (κ2) is 5.49. The molecule has 3 aromatic rings. The summed E-state index contributed by atoms with van der Waals surface area (Å²) in [7, 11) is 0. The van der Waals surface area contributed by atoms with Crippen molar-refractivity contribution in [2.24, 2.45) is 0 Å². The number of aromatic amines is 1. The van der Waals surface area contributed by atoms with E-state index in [1.54, 1.807) is 0 Å². The number of hydrogen-bond donors (Lipinski definition) is 1. The highest BCUT2D eigenvalue weighted by molar-refractivity contribution is 7.18. The second-order valence-corrected chi connectivity index (χ2v) is 6.14. The van der Waals surface area contributed by atoms with E-state index in [0.29, 0.717) is 5.01 Å². The summed E-state index contributed by atoms with van der Waals surface area (Å²) in [6, 6.07) is 10.9. The Hall–Kier alpha value is -1.87. The van der Waals surface area contributed by atoms with Crippen LogP contribution >= 0.6 is 34.5 Å². The molecule has 1 unspecified atom stereocenters. The molecule has 1 aromatic carbocycles. The standard InChI is InChI=1S/C14H7Cl2N3OS/c15-8-5-10(18-13(8)16)12(20)7(6-17)14-19-9-3-1-2-4-11(9)21-14/h1-5,7,18H. The number of para-hydroxylation sites is 1. The zero-order chi connectivity index (χ0) is 15.0. The van der Waals surface area contributed by atoms with E-state index < -0.39 is 11.7 Å². The Morgan fingerprint density at radius 3 is 2.76 bits per heavy atom. The van der Waals surface area contributed by atoms with Crippen molar-refractivity contribution in [3.05, 3.63) is 51.2 Å². The molecule has 0 saturated carbocycles. The minimum Gasteiger partial charge on any atom is -0.342 e. The zero-order valence-corrected chi connectivity index (χ0v) is 12.8. The third-order valence-corrected chi connectivity index (χ3v) is 4.73. The van der Waals surface area contributed by atoms with Gasteiger partial charge in [0.05, 0.1) is 27.0 Å². The van der Waals surface area contributed by atoms with Gasteiger partial charge in [-0.1, -0.05) is 35.3 Å². The topological polar surface area (TPSA) is 69.5 Å². The van der Waals surface area contributed by atoms with E-state index in [9.17, 15) is 10.1 Å². The van der Waals surface area contributed by atoms with E-state index in [1.165, 1.54) is 17.4 Å². The van der Waals surface area contributed by atoms with Crippen LogP contribution in [0, 0.1) is 11.3 Å². The summed E-state index contributed by atoms with van der Waals surface area (Å²) in [5, 5.41) is 10.2. The third-order valence-electron chi connectivity index (χ3n) is 2.94. The number of benzene rings is 1. The van der Waals surface area contributed by atoms with Crippen LogP contribution in [0.2, 0.25) is 10.2 Å². The lowest BCUT2D eigenvalue weighted by Gasteiger charge is -2.02. The smallest absolute Gasteiger partial charge is 0.203 e. The van der Waals surface area contributed by atoms with Crippen LogP contribution in [-0.2, 0) is 0 Å². The number of Topliss-reactive ketones (excluding diaryl/α,β-unsaturated/α-hetero) is 1. The van der Waals surface area contributed by atoms with Crippen molar-refractivity contribution < 1.29 is 4.79 Å². The number of hydrogen-bond acceptors (Lipinski definition) is 4. The quantitative estimate of drug-likeness (QED) is 0.720. The summed E-state index contributed by atoms with van der Waals surface area (Å²) < 4.78 is 0.933. The maximum atomic E-state index is 12.4. The number of carbonyl (C=O) groups excluding carboxylic acids is 1. The third kappa shape index (κ3) is 2.54. The van der Waals surface area contributed by atoms with Gasteiger partial charge in [0.15, 0.2) is 5.92 Å². The fraction of sp³-hybridized carbons (Fsp3) is 0.0714. The number of aromatic nitrogens is 2. The highest BCUT2D eigenvalue weighted by Crippen LogP contribution is 2.31. The van der Waals surface area contributed by atoms with Crippen molar-refractivity contribution in [2.75, 3.05) is 0 Å². The van der Waals surface area contributed by atoms with Gasteiger partial charge in [0.1, 0.15) is 10.2 Å². The average Bonchev–Trinajstić information content (AvgIpc) is 3.03.